The van der Waals surface area contributed by atoms with Gasteiger partial charge in [0.05, 0.1) is 12.8 Å². The van der Waals surface area contributed by atoms with E-state index in [9.17, 15) is 8.42 Å². The van der Waals surface area contributed by atoms with Crippen molar-refractivity contribution >= 4 is 16.0 Å². The summed E-state index contributed by atoms with van der Waals surface area (Å²) in [7, 11) is -3.15. The maximum atomic E-state index is 10.7. The summed E-state index contributed by atoms with van der Waals surface area (Å²) in [5.41, 5.74) is 5.26. The van der Waals surface area contributed by atoms with Gasteiger partial charge < -0.3 is 15.5 Å². The Labute approximate surface area is 87.3 Å². The van der Waals surface area contributed by atoms with Crippen molar-refractivity contribution < 1.29 is 12.8 Å². The highest BCUT2D eigenvalue weighted by Crippen LogP contribution is 2.02. The molecule has 0 bridgehead atoms. The van der Waals surface area contributed by atoms with Gasteiger partial charge in [0, 0.05) is 13.1 Å². The molecule has 1 rings (SSSR count). The van der Waals surface area contributed by atoms with E-state index in [-0.39, 0.29) is 19.1 Å². The fourth-order valence-electron chi connectivity index (χ4n) is 0.813. The first kappa shape index (κ1) is 11.9. The van der Waals surface area contributed by atoms with Crippen LogP contribution < -0.4 is 15.8 Å². The van der Waals surface area contributed by atoms with Crippen LogP contribution in [0.15, 0.2) is 4.42 Å². The first-order valence-electron chi connectivity index (χ1n) is 4.22. The lowest BCUT2D eigenvalue weighted by Crippen LogP contribution is -2.27. The van der Waals surface area contributed by atoms with E-state index in [0.717, 1.165) is 6.26 Å². The smallest absolute Gasteiger partial charge is 0.315 e. The number of nitrogens with two attached hydrogens (primary N) is 1. The van der Waals surface area contributed by atoms with Crippen LogP contribution in [0.4, 0.5) is 6.01 Å². The summed E-state index contributed by atoms with van der Waals surface area (Å²) >= 11 is 0. The van der Waals surface area contributed by atoms with E-state index >= 15 is 0 Å². The molecule has 0 fully saturated rings. The van der Waals surface area contributed by atoms with Crippen molar-refractivity contribution in [2.45, 2.75) is 6.54 Å². The van der Waals surface area contributed by atoms with Crippen LogP contribution in [0.25, 0.3) is 0 Å². The van der Waals surface area contributed by atoms with Crippen molar-refractivity contribution in [3.8, 4) is 0 Å². The number of aromatic nitrogens is 2. The second-order valence-electron chi connectivity index (χ2n) is 2.80. The fraction of sp³-hybridized carbons (Fsp3) is 0.667. The van der Waals surface area contributed by atoms with E-state index in [1.165, 1.54) is 0 Å². The summed E-state index contributed by atoms with van der Waals surface area (Å²) in [6.45, 7) is 0.786. The van der Waals surface area contributed by atoms with E-state index in [4.69, 9.17) is 10.2 Å². The third kappa shape index (κ3) is 4.72. The SMILES string of the molecule is CS(=O)(=O)NCCNc1nnc(CN)o1. The Balaban J connectivity index is 2.26. The van der Waals surface area contributed by atoms with Crippen LogP contribution in [-0.2, 0) is 16.6 Å². The molecule has 0 aliphatic carbocycles. The highest BCUT2D eigenvalue weighted by molar-refractivity contribution is 7.88. The molecule has 1 aromatic rings. The first-order valence-corrected chi connectivity index (χ1v) is 6.11. The van der Waals surface area contributed by atoms with E-state index in [1.807, 2.05) is 0 Å². The molecule has 9 heteroatoms. The molecule has 0 unspecified atom stereocenters. The molecule has 8 nitrogen and oxygen atoms in total. The summed E-state index contributed by atoms with van der Waals surface area (Å²) in [6.07, 6.45) is 1.09. The van der Waals surface area contributed by atoms with E-state index in [1.54, 1.807) is 0 Å². The summed E-state index contributed by atoms with van der Waals surface area (Å²) in [4.78, 5) is 0. The van der Waals surface area contributed by atoms with Crippen LogP contribution in [0.3, 0.4) is 0 Å². The van der Waals surface area contributed by atoms with Gasteiger partial charge >= 0.3 is 6.01 Å². The van der Waals surface area contributed by atoms with E-state index in [0.29, 0.717) is 12.4 Å². The van der Waals surface area contributed by atoms with Gasteiger partial charge in [-0.05, 0) is 0 Å². The largest absolute Gasteiger partial charge is 0.407 e. The molecule has 0 aromatic carbocycles. The number of rotatable bonds is 6. The molecule has 0 amide bonds. The minimum absolute atomic E-state index is 0.177. The standard InChI is InChI=1S/C6H13N5O3S/c1-15(12,13)9-3-2-8-6-11-10-5(4-7)14-6/h9H,2-4,7H2,1H3,(H,8,11). The van der Waals surface area contributed by atoms with Crippen molar-refractivity contribution in [1.29, 1.82) is 0 Å². The van der Waals surface area contributed by atoms with Gasteiger partial charge in [-0.15, -0.1) is 5.10 Å². The lowest BCUT2D eigenvalue weighted by molar-refractivity contribution is 0.507. The van der Waals surface area contributed by atoms with Crippen molar-refractivity contribution in [3.05, 3.63) is 5.89 Å². The molecule has 0 saturated carbocycles. The van der Waals surface area contributed by atoms with Crippen LogP contribution in [0, 0.1) is 0 Å². The van der Waals surface area contributed by atoms with Crippen LogP contribution in [-0.4, -0.2) is 38.0 Å². The minimum atomic E-state index is -3.15. The van der Waals surface area contributed by atoms with Gasteiger partial charge in [-0.3, -0.25) is 0 Å². The Morgan fingerprint density at radius 2 is 2.13 bits per heavy atom. The van der Waals surface area contributed by atoms with Crippen molar-refractivity contribution in [2.75, 3.05) is 24.7 Å². The zero-order valence-corrected chi connectivity index (χ0v) is 9.04. The lowest BCUT2D eigenvalue weighted by atomic mass is 10.6. The minimum Gasteiger partial charge on any atom is -0.407 e. The quantitative estimate of drug-likeness (QED) is 0.512. The van der Waals surface area contributed by atoms with Crippen LogP contribution in [0.1, 0.15) is 5.89 Å². The molecule has 86 valence electrons. The fourth-order valence-corrected chi connectivity index (χ4v) is 1.29. The molecule has 15 heavy (non-hydrogen) atoms. The molecule has 1 heterocycles. The molecular formula is C6H13N5O3S. The number of nitrogens with zero attached hydrogens (tertiary/aromatic N) is 2. The molecule has 0 saturated heterocycles. The molecule has 0 spiro atoms. The maximum absolute atomic E-state index is 10.7. The maximum Gasteiger partial charge on any atom is 0.315 e. The normalized spacial score (nSPS) is 11.6. The van der Waals surface area contributed by atoms with Crippen LogP contribution in [0.2, 0.25) is 0 Å². The number of nitrogens with one attached hydrogen (secondary N) is 2. The van der Waals surface area contributed by atoms with Gasteiger partial charge in [-0.25, -0.2) is 13.1 Å². The predicted octanol–water partition coefficient (Wildman–Crippen LogP) is -1.51. The molecule has 0 atom stereocenters. The molecule has 0 aliphatic rings. The second-order valence-corrected chi connectivity index (χ2v) is 4.63. The Morgan fingerprint density at radius 3 is 2.67 bits per heavy atom. The summed E-state index contributed by atoms with van der Waals surface area (Å²) in [5, 5.41) is 10.0. The van der Waals surface area contributed by atoms with Gasteiger partial charge in [-0.1, -0.05) is 5.10 Å². The average Bonchev–Trinajstić information content (AvgIpc) is 2.59. The zero-order valence-electron chi connectivity index (χ0n) is 8.23. The molecule has 1 aromatic heterocycles. The second kappa shape index (κ2) is 5.05. The Hall–Kier alpha value is -1.19. The monoisotopic (exact) mass is 235 g/mol. The Bertz CT molecular complexity index is 401. The highest BCUT2D eigenvalue weighted by Gasteiger charge is 2.03. The van der Waals surface area contributed by atoms with Crippen molar-refractivity contribution in [3.63, 3.8) is 0 Å². The summed E-state index contributed by atoms with van der Waals surface area (Å²) < 4.78 is 28.7. The number of sulfonamides is 1. The van der Waals surface area contributed by atoms with Gasteiger partial charge in [-0.2, -0.15) is 0 Å². The molecule has 0 aliphatic heterocycles. The lowest BCUT2D eigenvalue weighted by Gasteiger charge is -2.01. The molecule has 4 N–H and O–H groups in total. The number of hydrogen-bond donors (Lipinski definition) is 3. The van der Waals surface area contributed by atoms with Gasteiger partial charge in [0.1, 0.15) is 0 Å². The van der Waals surface area contributed by atoms with Crippen LogP contribution in [0.5, 0.6) is 0 Å². The summed E-state index contributed by atoms with van der Waals surface area (Å²) in [5.74, 6) is 0.327. The number of anilines is 1. The number of hydrogen-bond acceptors (Lipinski definition) is 7. The summed E-state index contributed by atoms with van der Waals surface area (Å²) in [6, 6.07) is 0.228. The molecule has 0 radical (unpaired) electrons. The zero-order chi connectivity index (χ0) is 11.3. The van der Waals surface area contributed by atoms with E-state index < -0.39 is 10.0 Å². The van der Waals surface area contributed by atoms with Gasteiger partial charge in [0.2, 0.25) is 15.9 Å². The van der Waals surface area contributed by atoms with Crippen LogP contribution >= 0.6 is 0 Å². The molecular weight excluding hydrogens is 222 g/mol. The van der Waals surface area contributed by atoms with Gasteiger partial charge in [0.25, 0.3) is 0 Å². The Kier molecular flexibility index (Phi) is 4.00. The third-order valence-corrected chi connectivity index (χ3v) is 2.14. The average molecular weight is 235 g/mol. The highest BCUT2D eigenvalue weighted by atomic mass is 32.2. The third-order valence-electron chi connectivity index (χ3n) is 1.41. The van der Waals surface area contributed by atoms with E-state index in [2.05, 4.69) is 20.2 Å². The topological polar surface area (TPSA) is 123 Å². The predicted molar refractivity (Wildman–Crippen MR) is 53.5 cm³/mol. The van der Waals surface area contributed by atoms with Crippen molar-refractivity contribution in [2.24, 2.45) is 5.73 Å². The Morgan fingerprint density at radius 1 is 1.40 bits per heavy atom. The van der Waals surface area contributed by atoms with Gasteiger partial charge in [0.15, 0.2) is 0 Å². The first-order chi connectivity index (χ1) is 7.01. The van der Waals surface area contributed by atoms with Crippen molar-refractivity contribution in [1.82, 2.24) is 14.9 Å².